The van der Waals surface area contributed by atoms with E-state index >= 15 is 0 Å². The Balaban J connectivity index is 2.75. The lowest BCUT2D eigenvalue weighted by molar-refractivity contribution is -0.130. The van der Waals surface area contributed by atoms with Crippen LogP contribution in [0.1, 0.15) is 53.9 Å². The standard InChI is InChI=1S/C14H27NO/c1-6-15-13(16)12-9-14(4,5)8-7-11(12)10(2)3/h10-12H,6-9H2,1-5H3,(H,15,16)/t11-,12+/m0/s1. The van der Waals surface area contributed by atoms with Crippen LogP contribution in [-0.4, -0.2) is 12.5 Å². The minimum absolute atomic E-state index is 0.226. The van der Waals surface area contributed by atoms with Crippen LogP contribution in [0, 0.1) is 23.2 Å². The Morgan fingerprint density at radius 1 is 1.44 bits per heavy atom. The van der Waals surface area contributed by atoms with E-state index < -0.39 is 0 Å². The molecule has 94 valence electrons. The van der Waals surface area contributed by atoms with Crippen molar-refractivity contribution in [1.29, 1.82) is 0 Å². The van der Waals surface area contributed by atoms with Gasteiger partial charge in [0.2, 0.25) is 5.91 Å². The molecule has 0 aromatic carbocycles. The topological polar surface area (TPSA) is 29.1 Å². The number of hydrogen-bond acceptors (Lipinski definition) is 1. The van der Waals surface area contributed by atoms with E-state index in [-0.39, 0.29) is 11.8 Å². The molecule has 2 atom stereocenters. The van der Waals surface area contributed by atoms with Crippen molar-refractivity contribution in [3.8, 4) is 0 Å². The molecule has 0 aromatic rings. The summed E-state index contributed by atoms with van der Waals surface area (Å²) in [6.45, 7) is 11.8. The Morgan fingerprint density at radius 2 is 2.06 bits per heavy atom. The van der Waals surface area contributed by atoms with Gasteiger partial charge in [-0.3, -0.25) is 4.79 Å². The van der Waals surface area contributed by atoms with Gasteiger partial charge in [0.1, 0.15) is 0 Å². The molecule has 0 saturated heterocycles. The largest absolute Gasteiger partial charge is 0.356 e. The summed E-state index contributed by atoms with van der Waals surface area (Å²) in [5.41, 5.74) is 0.334. The van der Waals surface area contributed by atoms with E-state index in [1.807, 2.05) is 6.92 Å². The van der Waals surface area contributed by atoms with Crippen LogP contribution in [0.2, 0.25) is 0 Å². The monoisotopic (exact) mass is 225 g/mol. The van der Waals surface area contributed by atoms with Crippen LogP contribution in [0.5, 0.6) is 0 Å². The van der Waals surface area contributed by atoms with Gasteiger partial charge in [-0.25, -0.2) is 0 Å². The van der Waals surface area contributed by atoms with Crippen molar-refractivity contribution in [2.45, 2.75) is 53.9 Å². The lowest BCUT2D eigenvalue weighted by Crippen LogP contribution is -2.42. The second kappa shape index (κ2) is 5.20. The summed E-state index contributed by atoms with van der Waals surface area (Å²) in [7, 11) is 0. The number of carbonyl (C=O) groups excluding carboxylic acids is 1. The summed E-state index contributed by atoms with van der Waals surface area (Å²) in [4.78, 5) is 12.1. The van der Waals surface area contributed by atoms with Crippen LogP contribution >= 0.6 is 0 Å². The van der Waals surface area contributed by atoms with E-state index in [4.69, 9.17) is 0 Å². The van der Waals surface area contributed by atoms with Gasteiger partial charge in [-0.1, -0.05) is 27.7 Å². The molecule has 0 aromatic heterocycles. The number of hydrogen-bond donors (Lipinski definition) is 1. The molecule has 0 bridgehead atoms. The van der Waals surface area contributed by atoms with Crippen molar-refractivity contribution in [3.05, 3.63) is 0 Å². The second-order valence-electron chi connectivity index (χ2n) is 6.32. The highest BCUT2D eigenvalue weighted by molar-refractivity contribution is 5.79. The smallest absolute Gasteiger partial charge is 0.223 e. The molecule has 2 heteroatoms. The lowest BCUT2D eigenvalue weighted by Gasteiger charge is -2.41. The highest BCUT2D eigenvalue weighted by Gasteiger charge is 2.39. The maximum Gasteiger partial charge on any atom is 0.223 e. The summed E-state index contributed by atoms with van der Waals surface area (Å²) in [5, 5.41) is 3.00. The molecule has 0 heterocycles. The molecule has 0 spiro atoms. The molecule has 0 unspecified atom stereocenters. The molecule has 1 amide bonds. The van der Waals surface area contributed by atoms with Crippen molar-refractivity contribution in [2.75, 3.05) is 6.54 Å². The van der Waals surface area contributed by atoms with Crippen LogP contribution in [0.25, 0.3) is 0 Å². The van der Waals surface area contributed by atoms with E-state index in [0.29, 0.717) is 17.3 Å². The van der Waals surface area contributed by atoms with Crippen LogP contribution in [0.15, 0.2) is 0 Å². The Kier molecular flexibility index (Phi) is 4.40. The molecule has 1 fully saturated rings. The SMILES string of the molecule is CCNC(=O)[C@@H]1CC(C)(C)CC[C@H]1C(C)C. The molecule has 1 rings (SSSR count). The first kappa shape index (κ1) is 13.5. The minimum atomic E-state index is 0.226. The predicted molar refractivity (Wildman–Crippen MR) is 68.1 cm³/mol. The van der Waals surface area contributed by atoms with Crippen molar-refractivity contribution in [2.24, 2.45) is 23.2 Å². The maximum absolute atomic E-state index is 12.1. The molecule has 0 radical (unpaired) electrons. The predicted octanol–water partition coefficient (Wildman–Crippen LogP) is 3.22. The van der Waals surface area contributed by atoms with Gasteiger partial charge < -0.3 is 5.32 Å². The third kappa shape index (κ3) is 3.23. The Labute approximate surface area is 100 Å². The molecular weight excluding hydrogens is 198 g/mol. The number of rotatable bonds is 3. The summed E-state index contributed by atoms with van der Waals surface area (Å²) in [5.74, 6) is 1.68. The quantitative estimate of drug-likeness (QED) is 0.785. The molecule has 1 saturated carbocycles. The van der Waals surface area contributed by atoms with E-state index in [9.17, 15) is 4.79 Å². The first-order valence-corrected chi connectivity index (χ1v) is 6.65. The minimum Gasteiger partial charge on any atom is -0.356 e. The number of amides is 1. The van der Waals surface area contributed by atoms with Gasteiger partial charge in [0.05, 0.1) is 0 Å². The van der Waals surface area contributed by atoms with E-state index in [1.54, 1.807) is 0 Å². The Hall–Kier alpha value is -0.530. The van der Waals surface area contributed by atoms with Gasteiger partial charge in [0.25, 0.3) is 0 Å². The average Bonchev–Trinajstić information content (AvgIpc) is 2.16. The van der Waals surface area contributed by atoms with Gasteiger partial charge in [-0.05, 0) is 43.4 Å². The third-order valence-corrected chi connectivity index (χ3v) is 3.99. The number of carbonyl (C=O) groups is 1. The van der Waals surface area contributed by atoms with Gasteiger partial charge >= 0.3 is 0 Å². The van der Waals surface area contributed by atoms with Crippen LogP contribution in [0.4, 0.5) is 0 Å². The molecule has 0 aliphatic heterocycles. The van der Waals surface area contributed by atoms with Crippen molar-refractivity contribution in [3.63, 3.8) is 0 Å². The summed E-state index contributed by atoms with van der Waals surface area (Å²) in [6, 6.07) is 0. The first-order valence-electron chi connectivity index (χ1n) is 6.65. The zero-order valence-corrected chi connectivity index (χ0v) is 11.5. The number of nitrogens with one attached hydrogen (secondary N) is 1. The zero-order chi connectivity index (χ0) is 12.3. The molecule has 1 N–H and O–H groups in total. The lowest BCUT2D eigenvalue weighted by atomic mass is 9.64. The summed E-state index contributed by atoms with van der Waals surface area (Å²) in [6.07, 6.45) is 3.50. The van der Waals surface area contributed by atoms with Crippen LogP contribution in [0.3, 0.4) is 0 Å². The van der Waals surface area contributed by atoms with Gasteiger partial charge in [-0.2, -0.15) is 0 Å². The van der Waals surface area contributed by atoms with Crippen molar-refractivity contribution >= 4 is 5.91 Å². The molecule has 2 nitrogen and oxygen atoms in total. The molecule has 1 aliphatic rings. The fourth-order valence-electron chi connectivity index (χ4n) is 3.00. The van der Waals surface area contributed by atoms with Gasteiger partial charge in [0, 0.05) is 12.5 Å². The molecular formula is C14H27NO. The first-order chi connectivity index (χ1) is 7.37. The normalized spacial score (nSPS) is 29.1. The van der Waals surface area contributed by atoms with Crippen molar-refractivity contribution in [1.82, 2.24) is 5.32 Å². The third-order valence-electron chi connectivity index (χ3n) is 3.99. The van der Waals surface area contributed by atoms with E-state index in [0.717, 1.165) is 13.0 Å². The Bertz CT molecular complexity index is 245. The maximum atomic E-state index is 12.1. The summed E-state index contributed by atoms with van der Waals surface area (Å²) < 4.78 is 0. The molecule has 1 aliphatic carbocycles. The van der Waals surface area contributed by atoms with Crippen LogP contribution in [-0.2, 0) is 4.79 Å². The zero-order valence-electron chi connectivity index (χ0n) is 11.5. The van der Waals surface area contributed by atoms with E-state index in [1.165, 1.54) is 12.8 Å². The van der Waals surface area contributed by atoms with E-state index in [2.05, 4.69) is 33.0 Å². The fourth-order valence-corrected chi connectivity index (χ4v) is 3.00. The van der Waals surface area contributed by atoms with Crippen LogP contribution < -0.4 is 5.32 Å². The average molecular weight is 225 g/mol. The van der Waals surface area contributed by atoms with Gasteiger partial charge in [-0.15, -0.1) is 0 Å². The fraction of sp³-hybridized carbons (Fsp3) is 0.929. The highest BCUT2D eigenvalue weighted by Crippen LogP contribution is 2.44. The Morgan fingerprint density at radius 3 is 2.56 bits per heavy atom. The highest BCUT2D eigenvalue weighted by atomic mass is 16.1. The second-order valence-corrected chi connectivity index (χ2v) is 6.32. The van der Waals surface area contributed by atoms with Gasteiger partial charge in [0.15, 0.2) is 0 Å². The molecule has 16 heavy (non-hydrogen) atoms. The summed E-state index contributed by atoms with van der Waals surface area (Å²) >= 11 is 0. The van der Waals surface area contributed by atoms with Crippen molar-refractivity contribution < 1.29 is 4.79 Å².